The first-order chi connectivity index (χ1) is 14.3. The number of alkyl halides is 1. The van der Waals surface area contributed by atoms with Gasteiger partial charge in [0.1, 0.15) is 6.10 Å². The molecule has 162 valence electrons. The lowest BCUT2D eigenvalue weighted by atomic mass is 9.45. The van der Waals surface area contributed by atoms with Gasteiger partial charge in [0.05, 0.1) is 5.56 Å². The van der Waals surface area contributed by atoms with Crippen molar-refractivity contribution in [2.24, 2.45) is 34.5 Å². The van der Waals surface area contributed by atoms with Crippen LogP contribution in [-0.4, -0.2) is 24.0 Å². The van der Waals surface area contributed by atoms with Crippen LogP contribution in [-0.2, 0) is 9.53 Å². The quantitative estimate of drug-likeness (QED) is 0.579. The zero-order valence-corrected chi connectivity index (χ0v) is 18.1. The van der Waals surface area contributed by atoms with Crippen molar-refractivity contribution < 1.29 is 18.7 Å². The summed E-state index contributed by atoms with van der Waals surface area (Å²) in [4.78, 5) is 24.7. The van der Waals surface area contributed by atoms with E-state index in [0.717, 1.165) is 38.5 Å². The number of carbonyl (C=O) groups is 2. The molecular weight excluding hydrogens is 379 g/mol. The molecule has 3 nitrogen and oxygen atoms in total. The molecule has 0 N–H and O–H groups in total. The van der Waals surface area contributed by atoms with Crippen molar-refractivity contribution in [2.75, 3.05) is 0 Å². The molecule has 8 unspecified atom stereocenters. The maximum atomic E-state index is 14.5. The third-order valence-corrected chi connectivity index (χ3v) is 9.65. The predicted octanol–water partition coefficient (Wildman–Crippen LogP) is 5.77. The van der Waals surface area contributed by atoms with E-state index < -0.39 is 6.17 Å². The van der Waals surface area contributed by atoms with E-state index in [0.29, 0.717) is 42.1 Å². The molecule has 30 heavy (non-hydrogen) atoms. The van der Waals surface area contributed by atoms with Crippen LogP contribution in [0.2, 0.25) is 0 Å². The first kappa shape index (κ1) is 20.2. The molecule has 4 fully saturated rings. The zero-order chi connectivity index (χ0) is 21.1. The number of Topliss-reactive ketones (excluding diaryl/α,β-unsaturated/α-hetero) is 1. The SMILES string of the molecule is CC12CC(F)C(=O)CC1CCC1C2CCC2(C)C(OC(=O)c3ccccc3)CCC12. The second-order valence-electron chi connectivity index (χ2n) is 10.9. The maximum Gasteiger partial charge on any atom is 0.338 e. The van der Waals surface area contributed by atoms with E-state index >= 15 is 0 Å². The van der Waals surface area contributed by atoms with Crippen LogP contribution in [0.4, 0.5) is 4.39 Å². The van der Waals surface area contributed by atoms with E-state index in [-0.39, 0.29) is 28.7 Å². The number of ether oxygens (including phenoxy) is 1. The van der Waals surface area contributed by atoms with Crippen molar-refractivity contribution in [1.82, 2.24) is 0 Å². The van der Waals surface area contributed by atoms with Crippen LogP contribution in [0.3, 0.4) is 0 Å². The topological polar surface area (TPSA) is 43.4 Å². The van der Waals surface area contributed by atoms with Gasteiger partial charge in [-0.05, 0) is 86.2 Å². The van der Waals surface area contributed by atoms with Crippen molar-refractivity contribution in [1.29, 1.82) is 0 Å². The second kappa shape index (κ2) is 7.17. The largest absolute Gasteiger partial charge is 0.458 e. The molecule has 0 bridgehead atoms. The van der Waals surface area contributed by atoms with Gasteiger partial charge < -0.3 is 4.74 Å². The fourth-order valence-corrected chi connectivity index (χ4v) is 7.98. The minimum absolute atomic E-state index is 0.00834. The Labute approximate surface area is 178 Å². The highest BCUT2D eigenvalue weighted by Crippen LogP contribution is 2.66. The smallest absolute Gasteiger partial charge is 0.338 e. The molecule has 4 aliphatic carbocycles. The molecule has 4 aliphatic rings. The number of halogens is 1. The van der Waals surface area contributed by atoms with Crippen molar-refractivity contribution in [3.8, 4) is 0 Å². The van der Waals surface area contributed by atoms with Gasteiger partial charge >= 0.3 is 5.97 Å². The number of hydrogen-bond donors (Lipinski definition) is 0. The fourth-order valence-electron chi connectivity index (χ4n) is 7.98. The summed E-state index contributed by atoms with van der Waals surface area (Å²) in [7, 11) is 0. The Bertz CT molecular complexity index is 838. The Kier molecular flexibility index (Phi) is 4.83. The van der Waals surface area contributed by atoms with Crippen LogP contribution in [0.15, 0.2) is 30.3 Å². The summed E-state index contributed by atoms with van der Waals surface area (Å²) in [5.41, 5.74) is 0.567. The summed E-state index contributed by atoms with van der Waals surface area (Å²) < 4.78 is 20.5. The van der Waals surface area contributed by atoms with Crippen LogP contribution in [0.25, 0.3) is 0 Å². The van der Waals surface area contributed by atoms with Crippen molar-refractivity contribution in [3.05, 3.63) is 35.9 Å². The van der Waals surface area contributed by atoms with Crippen molar-refractivity contribution >= 4 is 11.8 Å². The van der Waals surface area contributed by atoms with Crippen LogP contribution in [0.5, 0.6) is 0 Å². The average molecular weight is 413 g/mol. The molecule has 5 rings (SSSR count). The third kappa shape index (κ3) is 2.97. The summed E-state index contributed by atoms with van der Waals surface area (Å²) in [6.45, 7) is 4.58. The summed E-state index contributed by atoms with van der Waals surface area (Å²) in [5.74, 6) is 1.53. The number of benzene rings is 1. The summed E-state index contributed by atoms with van der Waals surface area (Å²) in [5, 5.41) is 0. The maximum absolute atomic E-state index is 14.5. The van der Waals surface area contributed by atoms with E-state index in [4.69, 9.17) is 4.74 Å². The molecular formula is C26H33FO3. The van der Waals surface area contributed by atoms with E-state index in [1.165, 1.54) is 0 Å². The first-order valence-electron chi connectivity index (χ1n) is 11.8. The van der Waals surface area contributed by atoms with Crippen LogP contribution < -0.4 is 0 Å². The fraction of sp³-hybridized carbons (Fsp3) is 0.692. The Hall–Kier alpha value is -1.71. The zero-order valence-electron chi connectivity index (χ0n) is 18.1. The van der Waals surface area contributed by atoms with Gasteiger partial charge in [0, 0.05) is 11.8 Å². The van der Waals surface area contributed by atoms with Gasteiger partial charge in [0.2, 0.25) is 0 Å². The van der Waals surface area contributed by atoms with Crippen LogP contribution in [0, 0.1) is 34.5 Å². The second-order valence-corrected chi connectivity index (χ2v) is 10.9. The lowest BCUT2D eigenvalue weighted by molar-refractivity contribution is -0.151. The average Bonchev–Trinajstić information content (AvgIpc) is 3.06. The highest BCUT2D eigenvalue weighted by atomic mass is 19.1. The molecule has 0 amide bonds. The molecule has 4 heteroatoms. The van der Waals surface area contributed by atoms with Gasteiger partial charge in [0.25, 0.3) is 0 Å². The Balaban J connectivity index is 1.35. The predicted molar refractivity (Wildman–Crippen MR) is 113 cm³/mol. The monoisotopic (exact) mass is 412 g/mol. The number of ketones is 1. The highest BCUT2D eigenvalue weighted by Gasteiger charge is 2.62. The minimum atomic E-state index is -1.28. The number of hydrogen-bond acceptors (Lipinski definition) is 3. The molecule has 0 heterocycles. The number of rotatable bonds is 2. The number of carbonyl (C=O) groups excluding carboxylic acids is 2. The van der Waals surface area contributed by atoms with Gasteiger partial charge in [-0.2, -0.15) is 0 Å². The summed E-state index contributed by atoms with van der Waals surface area (Å²) in [6, 6.07) is 9.27. The summed E-state index contributed by atoms with van der Waals surface area (Å²) >= 11 is 0. The van der Waals surface area contributed by atoms with Crippen LogP contribution >= 0.6 is 0 Å². The highest BCUT2D eigenvalue weighted by molar-refractivity contribution is 5.89. The van der Waals surface area contributed by atoms with Gasteiger partial charge in [0.15, 0.2) is 12.0 Å². The van der Waals surface area contributed by atoms with Gasteiger partial charge in [-0.25, -0.2) is 9.18 Å². The van der Waals surface area contributed by atoms with Gasteiger partial charge in [-0.15, -0.1) is 0 Å². The van der Waals surface area contributed by atoms with Crippen molar-refractivity contribution in [2.45, 2.75) is 77.5 Å². The minimum Gasteiger partial charge on any atom is -0.458 e. The van der Waals surface area contributed by atoms with E-state index in [1.807, 2.05) is 30.3 Å². The number of fused-ring (bicyclic) bond motifs is 5. The molecule has 0 radical (unpaired) electrons. The van der Waals surface area contributed by atoms with Gasteiger partial charge in [-0.3, -0.25) is 4.79 Å². The molecule has 8 atom stereocenters. The lowest BCUT2D eigenvalue weighted by Crippen LogP contribution is -2.56. The molecule has 0 saturated heterocycles. The molecule has 1 aromatic carbocycles. The Morgan fingerprint density at radius 3 is 2.50 bits per heavy atom. The molecule has 4 saturated carbocycles. The molecule has 1 aromatic rings. The number of esters is 1. The van der Waals surface area contributed by atoms with E-state index in [2.05, 4.69) is 13.8 Å². The standard InChI is InChI=1S/C26H33FO3/c1-25-13-12-20-18(9-8-17-14-22(28)21(27)15-26(17,20)2)19(25)10-11-23(25)30-24(29)16-6-4-3-5-7-16/h3-7,17-21,23H,8-15H2,1-2H3. The molecule has 0 spiro atoms. The Morgan fingerprint density at radius 2 is 1.73 bits per heavy atom. The third-order valence-electron chi connectivity index (χ3n) is 9.65. The van der Waals surface area contributed by atoms with E-state index in [1.54, 1.807) is 0 Å². The normalized spacial score (nSPS) is 45.2. The molecule has 0 aromatic heterocycles. The van der Waals surface area contributed by atoms with Gasteiger partial charge in [-0.1, -0.05) is 32.0 Å². The summed E-state index contributed by atoms with van der Waals surface area (Å²) in [6.07, 6.45) is 5.80. The van der Waals surface area contributed by atoms with E-state index in [9.17, 15) is 14.0 Å². The molecule has 0 aliphatic heterocycles. The van der Waals surface area contributed by atoms with Crippen molar-refractivity contribution in [3.63, 3.8) is 0 Å². The first-order valence-corrected chi connectivity index (χ1v) is 11.8. The van der Waals surface area contributed by atoms with Crippen LogP contribution in [0.1, 0.15) is 75.6 Å². The lowest BCUT2D eigenvalue weighted by Gasteiger charge is -2.60. The Morgan fingerprint density at radius 1 is 1.00 bits per heavy atom.